The van der Waals surface area contributed by atoms with Crippen LogP contribution >= 0.6 is 11.6 Å². The van der Waals surface area contributed by atoms with E-state index < -0.39 is 20.8 Å². The fourth-order valence-electron chi connectivity index (χ4n) is 2.76. The van der Waals surface area contributed by atoms with Crippen LogP contribution in [0, 0.1) is 0 Å². The summed E-state index contributed by atoms with van der Waals surface area (Å²) >= 11 is 6.00. The highest BCUT2D eigenvalue weighted by Gasteiger charge is 2.23. The third-order valence-corrected chi connectivity index (χ3v) is 6.86. The zero-order chi connectivity index (χ0) is 20.4. The summed E-state index contributed by atoms with van der Waals surface area (Å²) in [4.78, 5) is 4.11. The van der Waals surface area contributed by atoms with Crippen LogP contribution in [0.25, 0.3) is 11.0 Å². The molecule has 0 saturated heterocycles. The van der Waals surface area contributed by atoms with Crippen molar-refractivity contribution in [3.8, 4) is 0 Å². The maximum atomic E-state index is 12.9. The van der Waals surface area contributed by atoms with Gasteiger partial charge in [-0.1, -0.05) is 60.1 Å². The van der Waals surface area contributed by atoms with Gasteiger partial charge in [-0.05, 0) is 17.7 Å². The Morgan fingerprint density at radius 3 is 2.52 bits per heavy atom. The molecule has 2 aromatic carbocycles. The van der Waals surface area contributed by atoms with Crippen LogP contribution in [0.2, 0.25) is 5.02 Å². The average molecular weight is 447 g/mol. The second-order valence-corrected chi connectivity index (χ2v) is 9.61. The lowest BCUT2D eigenvalue weighted by atomic mass is 10.2. The number of fused-ring (bicyclic) bond motifs is 1. The minimum Gasteiger partial charge on any atom is -0.443 e. The van der Waals surface area contributed by atoms with E-state index >= 15 is 0 Å². The number of benzene rings is 2. The van der Waals surface area contributed by atoms with Crippen LogP contribution in [0.5, 0.6) is 0 Å². The van der Waals surface area contributed by atoms with Crippen molar-refractivity contribution >= 4 is 49.1 Å². The molecular formula is C20H15ClN2O4S2. The Morgan fingerprint density at radius 2 is 1.76 bits per heavy atom. The largest absolute Gasteiger partial charge is 0.443 e. The van der Waals surface area contributed by atoms with Crippen molar-refractivity contribution in [2.24, 2.45) is 0 Å². The normalized spacial score (nSPS) is 12.7. The number of hydrogen-bond donors (Lipinski definition) is 1. The van der Waals surface area contributed by atoms with Gasteiger partial charge in [0.05, 0.1) is 27.3 Å². The highest BCUT2D eigenvalue weighted by atomic mass is 35.5. The van der Waals surface area contributed by atoms with E-state index in [9.17, 15) is 12.6 Å². The van der Waals surface area contributed by atoms with Crippen LogP contribution in [-0.2, 0) is 26.6 Å². The number of halogens is 1. The summed E-state index contributed by atoms with van der Waals surface area (Å²) < 4.78 is 46.4. The number of furan rings is 1. The van der Waals surface area contributed by atoms with Gasteiger partial charge >= 0.3 is 0 Å². The van der Waals surface area contributed by atoms with Gasteiger partial charge in [-0.15, -0.1) is 0 Å². The molecule has 0 aliphatic heterocycles. The number of hydrogen-bond acceptors (Lipinski definition) is 5. The molecule has 1 atom stereocenters. The van der Waals surface area contributed by atoms with E-state index in [1.807, 2.05) is 30.3 Å². The number of pyridine rings is 1. The molecule has 0 bridgehead atoms. The van der Waals surface area contributed by atoms with Gasteiger partial charge in [0.1, 0.15) is 5.58 Å². The van der Waals surface area contributed by atoms with Crippen molar-refractivity contribution in [1.82, 2.24) is 4.98 Å². The minimum atomic E-state index is -4.07. The average Bonchev–Trinajstić information content (AvgIpc) is 3.14. The third kappa shape index (κ3) is 4.34. The lowest BCUT2D eigenvalue weighted by Gasteiger charge is -2.11. The van der Waals surface area contributed by atoms with Crippen LogP contribution in [-0.4, -0.2) is 17.6 Å². The fourth-order valence-corrected chi connectivity index (χ4v) is 5.17. The summed E-state index contributed by atoms with van der Waals surface area (Å²) in [6.07, 6.45) is 1.33. The monoisotopic (exact) mass is 446 g/mol. The molecule has 0 aliphatic carbocycles. The molecule has 4 aromatic rings. The van der Waals surface area contributed by atoms with E-state index in [1.54, 1.807) is 24.3 Å². The Kier molecular flexibility index (Phi) is 5.40. The lowest BCUT2D eigenvalue weighted by molar-refractivity contribution is 0.484. The zero-order valence-electron chi connectivity index (χ0n) is 14.9. The van der Waals surface area contributed by atoms with E-state index in [2.05, 4.69) is 9.71 Å². The van der Waals surface area contributed by atoms with Crippen molar-refractivity contribution in [2.45, 2.75) is 15.9 Å². The SMILES string of the molecule is O=S(Cc1ccccc1)c1ncc(Cl)cc1NS(=O)(=O)c1cc2ccccc2o1. The summed E-state index contributed by atoms with van der Waals surface area (Å²) in [6, 6.07) is 19.0. The molecule has 0 aliphatic rings. The van der Waals surface area contributed by atoms with Gasteiger partial charge < -0.3 is 4.42 Å². The van der Waals surface area contributed by atoms with Crippen molar-refractivity contribution in [3.05, 3.63) is 83.5 Å². The standard InChI is InChI=1S/C20H15ClN2O4S2/c21-16-11-17(20(22-12-16)28(24)13-14-6-2-1-3-7-14)23-29(25,26)19-10-15-8-4-5-9-18(15)27-19/h1-12,23H,13H2. The molecule has 6 nitrogen and oxygen atoms in total. The molecule has 0 radical (unpaired) electrons. The topological polar surface area (TPSA) is 89.3 Å². The van der Waals surface area contributed by atoms with Gasteiger partial charge in [-0.2, -0.15) is 8.42 Å². The third-order valence-electron chi connectivity index (χ3n) is 4.09. The van der Waals surface area contributed by atoms with Gasteiger partial charge in [0.15, 0.2) is 5.03 Å². The maximum absolute atomic E-state index is 12.9. The van der Waals surface area contributed by atoms with Crippen LogP contribution in [0.1, 0.15) is 5.56 Å². The summed E-state index contributed by atoms with van der Waals surface area (Å²) in [5.74, 6) is 0.189. The number of nitrogens with zero attached hydrogens (tertiary/aromatic N) is 1. The first-order chi connectivity index (χ1) is 13.9. The van der Waals surface area contributed by atoms with Crippen LogP contribution < -0.4 is 4.72 Å². The molecular weight excluding hydrogens is 432 g/mol. The van der Waals surface area contributed by atoms with Gasteiger partial charge in [0, 0.05) is 17.6 Å². The number of aromatic nitrogens is 1. The number of sulfonamides is 1. The highest BCUT2D eigenvalue weighted by molar-refractivity contribution is 7.92. The minimum absolute atomic E-state index is 0.0484. The molecule has 0 fully saturated rings. The predicted octanol–water partition coefficient (Wildman–Crippen LogP) is 4.59. The highest BCUT2D eigenvalue weighted by Crippen LogP contribution is 2.28. The summed E-state index contributed by atoms with van der Waals surface area (Å²) in [6.45, 7) is 0. The first-order valence-corrected chi connectivity index (χ1v) is 11.7. The van der Waals surface area contributed by atoms with E-state index in [0.717, 1.165) is 5.56 Å². The molecule has 9 heteroatoms. The molecule has 2 heterocycles. The first-order valence-electron chi connectivity index (χ1n) is 8.52. The molecule has 1 N–H and O–H groups in total. The molecule has 29 heavy (non-hydrogen) atoms. The maximum Gasteiger partial charge on any atom is 0.295 e. The Labute approximate surface area is 175 Å². The summed E-state index contributed by atoms with van der Waals surface area (Å²) in [5.41, 5.74) is 1.34. The van der Waals surface area contributed by atoms with Crippen LogP contribution in [0.3, 0.4) is 0 Å². The van der Waals surface area contributed by atoms with Crippen LogP contribution in [0.4, 0.5) is 5.69 Å². The van der Waals surface area contributed by atoms with Crippen LogP contribution in [0.15, 0.2) is 87.5 Å². The molecule has 0 saturated carbocycles. The van der Waals surface area contributed by atoms with Crippen molar-refractivity contribution < 1.29 is 17.0 Å². The second-order valence-electron chi connectivity index (χ2n) is 6.19. The molecule has 0 spiro atoms. The number of rotatable bonds is 6. The summed E-state index contributed by atoms with van der Waals surface area (Å²) in [5, 5.41) is 0.717. The van der Waals surface area contributed by atoms with E-state index in [-0.39, 0.29) is 26.6 Å². The van der Waals surface area contributed by atoms with Crippen molar-refractivity contribution in [3.63, 3.8) is 0 Å². The number of anilines is 1. The van der Waals surface area contributed by atoms with E-state index in [1.165, 1.54) is 18.3 Å². The Hall–Kier alpha value is -2.68. The van der Waals surface area contributed by atoms with Crippen molar-refractivity contribution in [1.29, 1.82) is 0 Å². The smallest absolute Gasteiger partial charge is 0.295 e. The molecule has 4 rings (SSSR count). The molecule has 148 valence electrons. The quantitative estimate of drug-likeness (QED) is 0.468. The van der Waals surface area contributed by atoms with Crippen molar-refractivity contribution in [2.75, 3.05) is 4.72 Å². The fraction of sp³-hybridized carbons (Fsp3) is 0.0500. The van der Waals surface area contributed by atoms with Gasteiger partial charge in [-0.3, -0.25) is 8.93 Å². The Balaban J connectivity index is 1.67. The first kappa shape index (κ1) is 19.6. The Bertz CT molecular complexity index is 1270. The van der Waals surface area contributed by atoms with Gasteiger partial charge in [-0.25, -0.2) is 4.98 Å². The zero-order valence-corrected chi connectivity index (χ0v) is 17.3. The number of para-hydroxylation sites is 1. The lowest BCUT2D eigenvalue weighted by Crippen LogP contribution is -2.15. The molecule has 0 amide bonds. The summed E-state index contributed by atoms with van der Waals surface area (Å²) in [7, 11) is -5.66. The molecule has 2 aromatic heterocycles. The molecule has 1 unspecified atom stereocenters. The van der Waals surface area contributed by atoms with Gasteiger partial charge in [0.25, 0.3) is 10.0 Å². The van der Waals surface area contributed by atoms with E-state index in [0.29, 0.717) is 11.0 Å². The van der Waals surface area contributed by atoms with Gasteiger partial charge in [0.2, 0.25) is 5.09 Å². The van der Waals surface area contributed by atoms with E-state index in [4.69, 9.17) is 16.0 Å². The Morgan fingerprint density at radius 1 is 1.03 bits per heavy atom. The number of nitrogens with one attached hydrogen (secondary N) is 1. The predicted molar refractivity (Wildman–Crippen MR) is 113 cm³/mol. The second kappa shape index (κ2) is 7.98.